The predicted molar refractivity (Wildman–Crippen MR) is 81.8 cm³/mol. The summed E-state index contributed by atoms with van der Waals surface area (Å²) in [6.45, 7) is 0. The highest BCUT2D eigenvalue weighted by molar-refractivity contribution is 6.29. The summed E-state index contributed by atoms with van der Waals surface area (Å²) in [4.78, 5) is 14.6. The highest BCUT2D eigenvalue weighted by Crippen LogP contribution is 2.34. The standard InChI is InChI=1S/C16H25N3O/c1-18-15(11-6-4-5-7-11)14-13(17)9-8-12(16(14)20)10-19(2)3/h10-11,17-18H,4-9H2,1-3H3/b12-10+,15-14+,17-13?. The van der Waals surface area contributed by atoms with Crippen LogP contribution in [0.25, 0.3) is 0 Å². The van der Waals surface area contributed by atoms with E-state index in [9.17, 15) is 4.79 Å². The lowest BCUT2D eigenvalue weighted by molar-refractivity contribution is -0.112. The molecule has 0 aliphatic heterocycles. The van der Waals surface area contributed by atoms with Crippen LogP contribution in [-0.2, 0) is 4.79 Å². The number of nitrogens with zero attached hydrogens (tertiary/aromatic N) is 1. The molecule has 0 atom stereocenters. The van der Waals surface area contributed by atoms with Crippen LogP contribution >= 0.6 is 0 Å². The largest absolute Gasteiger partial charge is 0.391 e. The van der Waals surface area contributed by atoms with Crippen LogP contribution in [0.1, 0.15) is 38.5 Å². The van der Waals surface area contributed by atoms with Gasteiger partial charge in [0.15, 0.2) is 5.78 Å². The molecule has 0 radical (unpaired) electrons. The first kappa shape index (κ1) is 14.8. The third-order valence-corrected chi connectivity index (χ3v) is 4.18. The molecule has 2 rings (SSSR count). The van der Waals surface area contributed by atoms with Crippen molar-refractivity contribution in [1.82, 2.24) is 10.2 Å². The second-order valence-electron chi connectivity index (χ2n) is 5.95. The Morgan fingerprint density at radius 3 is 2.50 bits per heavy atom. The van der Waals surface area contributed by atoms with Gasteiger partial charge in [-0.25, -0.2) is 0 Å². The van der Waals surface area contributed by atoms with Crippen molar-refractivity contribution >= 4 is 11.5 Å². The first-order valence-corrected chi connectivity index (χ1v) is 7.46. The molecule has 2 fully saturated rings. The Bertz CT molecular complexity index is 468. The van der Waals surface area contributed by atoms with Gasteiger partial charge in [-0.15, -0.1) is 0 Å². The molecule has 0 saturated heterocycles. The van der Waals surface area contributed by atoms with Crippen molar-refractivity contribution in [2.75, 3.05) is 21.1 Å². The first-order chi connectivity index (χ1) is 9.54. The van der Waals surface area contributed by atoms with Crippen LogP contribution in [0, 0.1) is 11.3 Å². The summed E-state index contributed by atoms with van der Waals surface area (Å²) >= 11 is 0. The van der Waals surface area contributed by atoms with Crippen molar-refractivity contribution in [2.24, 2.45) is 5.92 Å². The zero-order valence-electron chi connectivity index (χ0n) is 12.8. The van der Waals surface area contributed by atoms with Crippen LogP contribution in [0.15, 0.2) is 23.0 Å². The second kappa shape index (κ2) is 6.25. The van der Waals surface area contributed by atoms with Crippen molar-refractivity contribution in [3.8, 4) is 0 Å². The van der Waals surface area contributed by atoms with Gasteiger partial charge in [0.1, 0.15) is 0 Å². The van der Waals surface area contributed by atoms with Gasteiger partial charge in [0.2, 0.25) is 0 Å². The van der Waals surface area contributed by atoms with Gasteiger partial charge >= 0.3 is 0 Å². The molecule has 2 N–H and O–H groups in total. The molecule has 4 nitrogen and oxygen atoms in total. The number of ketones is 1. The summed E-state index contributed by atoms with van der Waals surface area (Å²) in [6, 6.07) is 0. The molecule has 2 saturated carbocycles. The van der Waals surface area contributed by atoms with Crippen LogP contribution in [0.3, 0.4) is 0 Å². The van der Waals surface area contributed by atoms with Gasteiger partial charge in [-0.2, -0.15) is 0 Å². The normalized spacial score (nSPS) is 25.2. The van der Waals surface area contributed by atoms with Crippen molar-refractivity contribution < 1.29 is 4.79 Å². The Morgan fingerprint density at radius 2 is 1.95 bits per heavy atom. The third kappa shape index (κ3) is 2.94. The molecule has 0 aromatic rings. The highest BCUT2D eigenvalue weighted by atomic mass is 16.1. The van der Waals surface area contributed by atoms with Crippen LogP contribution in [0.4, 0.5) is 0 Å². The van der Waals surface area contributed by atoms with E-state index in [0.29, 0.717) is 30.0 Å². The predicted octanol–water partition coefficient (Wildman–Crippen LogP) is 2.48. The number of carbonyl (C=O) groups excluding carboxylic acids is 1. The van der Waals surface area contributed by atoms with E-state index in [1.807, 2.05) is 32.2 Å². The molecule has 0 heterocycles. The molecule has 0 amide bonds. The third-order valence-electron chi connectivity index (χ3n) is 4.18. The van der Waals surface area contributed by atoms with Gasteiger partial charge in [-0.05, 0) is 31.6 Å². The Balaban J connectivity index is 2.39. The number of rotatable bonds is 3. The average molecular weight is 275 g/mol. The lowest BCUT2D eigenvalue weighted by Gasteiger charge is -2.25. The maximum Gasteiger partial charge on any atom is 0.194 e. The van der Waals surface area contributed by atoms with Crippen LogP contribution < -0.4 is 5.32 Å². The summed E-state index contributed by atoms with van der Waals surface area (Å²) in [7, 11) is 5.74. The van der Waals surface area contributed by atoms with E-state index in [1.54, 1.807) is 0 Å². The number of Topliss-reactive ketones (excluding diaryl/α,β-unsaturated/α-hetero) is 1. The minimum atomic E-state index is 0.0474. The lowest BCUT2D eigenvalue weighted by atomic mass is 9.83. The zero-order chi connectivity index (χ0) is 14.7. The van der Waals surface area contributed by atoms with E-state index in [4.69, 9.17) is 5.41 Å². The van der Waals surface area contributed by atoms with E-state index in [0.717, 1.165) is 24.1 Å². The fourth-order valence-corrected chi connectivity index (χ4v) is 3.26. The van der Waals surface area contributed by atoms with E-state index < -0.39 is 0 Å². The Labute approximate surface area is 121 Å². The monoisotopic (exact) mass is 275 g/mol. The zero-order valence-corrected chi connectivity index (χ0v) is 12.8. The van der Waals surface area contributed by atoms with Crippen LogP contribution in [-0.4, -0.2) is 37.5 Å². The van der Waals surface area contributed by atoms with E-state index >= 15 is 0 Å². The Morgan fingerprint density at radius 1 is 1.30 bits per heavy atom. The number of hydrogen-bond acceptors (Lipinski definition) is 4. The molecule has 20 heavy (non-hydrogen) atoms. The average Bonchev–Trinajstić information content (AvgIpc) is 2.91. The minimum Gasteiger partial charge on any atom is -0.391 e. The molecule has 0 aromatic carbocycles. The summed E-state index contributed by atoms with van der Waals surface area (Å²) in [5.41, 5.74) is 2.97. The fourth-order valence-electron chi connectivity index (χ4n) is 3.26. The first-order valence-electron chi connectivity index (χ1n) is 7.46. The maximum atomic E-state index is 12.7. The van der Waals surface area contributed by atoms with Crippen molar-refractivity contribution in [3.63, 3.8) is 0 Å². The van der Waals surface area contributed by atoms with Gasteiger partial charge in [0.25, 0.3) is 0 Å². The Hall–Kier alpha value is -1.58. The van der Waals surface area contributed by atoms with E-state index in [-0.39, 0.29) is 5.78 Å². The number of carbonyl (C=O) groups is 1. The SMILES string of the molecule is CN/C(=C1\C(=N)CC/C(=C\N(C)C)C1=O)C1CCCC1. The summed E-state index contributed by atoms with van der Waals surface area (Å²) < 4.78 is 0. The molecule has 110 valence electrons. The second-order valence-corrected chi connectivity index (χ2v) is 5.95. The smallest absolute Gasteiger partial charge is 0.194 e. The van der Waals surface area contributed by atoms with E-state index in [2.05, 4.69) is 5.32 Å². The summed E-state index contributed by atoms with van der Waals surface area (Å²) in [6.07, 6.45) is 7.96. The minimum absolute atomic E-state index is 0.0474. The van der Waals surface area contributed by atoms with Crippen molar-refractivity contribution in [3.05, 3.63) is 23.0 Å². The van der Waals surface area contributed by atoms with Crippen molar-refractivity contribution in [1.29, 1.82) is 5.41 Å². The molecule has 4 heteroatoms. The fraction of sp³-hybridized carbons (Fsp3) is 0.625. The van der Waals surface area contributed by atoms with Crippen LogP contribution in [0.5, 0.6) is 0 Å². The van der Waals surface area contributed by atoms with Gasteiger partial charge in [0.05, 0.1) is 5.57 Å². The molecule has 2 aliphatic carbocycles. The highest BCUT2D eigenvalue weighted by Gasteiger charge is 2.31. The van der Waals surface area contributed by atoms with Gasteiger partial charge in [0, 0.05) is 44.3 Å². The van der Waals surface area contributed by atoms with Gasteiger partial charge < -0.3 is 15.6 Å². The molecule has 0 unspecified atom stereocenters. The maximum absolute atomic E-state index is 12.7. The molecule has 2 aliphatic rings. The topological polar surface area (TPSA) is 56.2 Å². The number of hydrogen-bond donors (Lipinski definition) is 2. The molecular formula is C16H25N3O. The quantitative estimate of drug-likeness (QED) is 0.778. The van der Waals surface area contributed by atoms with E-state index in [1.165, 1.54) is 12.8 Å². The number of nitrogens with one attached hydrogen (secondary N) is 2. The molecule has 0 spiro atoms. The molecular weight excluding hydrogens is 250 g/mol. The molecule has 0 aromatic heterocycles. The summed E-state index contributed by atoms with van der Waals surface area (Å²) in [5.74, 6) is 0.476. The number of allylic oxidation sites excluding steroid dienone is 3. The Kier molecular flexibility index (Phi) is 4.63. The van der Waals surface area contributed by atoms with Crippen molar-refractivity contribution in [2.45, 2.75) is 38.5 Å². The molecule has 0 bridgehead atoms. The summed E-state index contributed by atoms with van der Waals surface area (Å²) in [5, 5.41) is 11.4. The van der Waals surface area contributed by atoms with Gasteiger partial charge in [-0.1, -0.05) is 12.8 Å². The van der Waals surface area contributed by atoms with Crippen LogP contribution in [0.2, 0.25) is 0 Å². The van der Waals surface area contributed by atoms with Gasteiger partial charge in [-0.3, -0.25) is 4.79 Å². The lowest BCUT2D eigenvalue weighted by Crippen LogP contribution is -2.29.